The molecule has 3 aromatic rings. The molecule has 4 nitrogen and oxygen atoms in total. The maximum absolute atomic E-state index is 13.0. The van der Waals surface area contributed by atoms with Crippen LogP contribution in [0.15, 0.2) is 53.9 Å². The maximum atomic E-state index is 13.0. The SMILES string of the molecule is COc1ccc(-c2nc(CC(=O)NC(C)c3ccc(F)cc3)cs2)cc1. The summed E-state index contributed by atoms with van der Waals surface area (Å²) in [5, 5.41) is 5.67. The molecule has 1 unspecified atom stereocenters. The smallest absolute Gasteiger partial charge is 0.226 e. The lowest BCUT2D eigenvalue weighted by Crippen LogP contribution is -2.28. The van der Waals surface area contributed by atoms with Gasteiger partial charge in [0.15, 0.2) is 0 Å². The van der Waals surface area contributed by atoms with E-state index in [9.17, 15) is 9.18 Å². The zero-order valence-corrected chi connectivity index (χ0v) is 15.3. The monoisotopic (exact) mass is 370 g/mol. The molecule has 0 aliphatic heterocycles. The van der Waals surface area contributed by atoms with Gasteiger partial charge < -0.3 is 10.1 Å². The van der Waals surface area contributed by atoms with Crippen molar-refractivity contribution in [1.29, 1.82) is 0 Å². The minimum absolute atomic E-state index is 0.117. The number of carbonyl (C=O) groups excluding carboxylic acids is 1. The fraction of sp³-hybridized carbons (Fsp3) is 0.200. The van der Waals surface area contributed by atoms with E-state index in [1.54, 1.807) is 19.2 Å². The summed E-state index contributed by atoms with van der Waals surface area (Å²) in [5.74, 6) is 0.383. The number of methoxy groups -OCH3 is 1. The van der Waals surface area contributed by atoms with E-state index in [-0.39, 0.29) is 24.2 Å². The number of ether oxygens (including phenoxy) is 1. The minimum Gasteiger partial charge on any atom is -0.497 e. The van der Waals surface area contributed by atoms with Crippen molar-refractivity contribution in [3.63, 3.8) is 0 Å². The number of aromatic nitrogens is 1. The number of benzene rings is 2. The van der Waals surface area contributed by atoms with E-state index in [0.717, 1.165) is 27.6 Å². The molecule has 1 N–H and O–H groups in total. The van der Waals surface area contributed by atoms with Gasteiger partial charge in [-0.2, -0.15) is 0 Å². The van der Waals surface area contributed by atoms with Gasteiger partial charge in [0, 0.05) is 10.9 Å². The Morgan fingerprint density at radius 1 is 1.19 bits per heavy atom. The molecule has 0 aliphatic rings. The molecule has 2 aromatic carbocycles. The maximum Gasteiger partial charge on any atom is 0.226 e. The predicted octanol–water partition coefficient (Wildman–Crippen LogP) is 4.38. The second kappa shape index (κ2) is 8.10. The van der Waals surface area contributed by atoms with E-state index in [1.165, 1.54) is 23.5 Å². The number of halogens is 1. The van der Waals surface area contributed by atoms with Crippen LogP contribution in [0.25, 0.3) is 10.6 Å². The van der Waals surface area contributed by atoms with Crippen molar-refractivity contribution in [2.45, 2.75) is 19.4 Å². The molecule has 0 spiro atoms. The van der Waals surface area contributed by atoms with Crippen LogP contribution in [-0.4, -0.2) is 18.0 Å². The molecule has 3 rings (SSSR count). The summed E-state index contributed by atoms with van der Waals surface area (Å²) in [7, 11) is 1.63. The van der Waals surface area contributed by atoms with Gasteiger partial charge in [0.25, 0.3) is 0 Å². The van der Waals surface area contributed by atoms with Gasteiger partial charge in [0.05, 0.1) is 25.3 Å². The molecule has 1 aromatic heterocycles. The molecular formula is C20H19FN2O2S. The Labute approximate surface area is 155 Å². The molecule has 134 valence electrons. The molecule has 0 bridgehead atoms. The van der Waals surface area contributed by atoms with Crippen molar-refractivity contribution in [3.8, 4) is 16.3 Å². The van der Waals surface area contributed by atoms with Gasteiger partial charge in [0.1, 0.15) is 16.6 Å². The fourth-order valence-electron chi connectivity index (χ4n) is 2.55. The van der Waals surface area contributed by atoms with Crippen LogP contribution in [0.1, 0.15) is 24.2 Å². The molecule has 1 amide bonds. The summed E-state index contributed by atoms with van der Waals surface area (Å²) in [6.45, 7) is 1.87. The van der Waals surface area contributed by atoms with Crippen LogP contribution in [0.4, 0.5) is 4.39 Å². The molecule has 6 heteroatoms. The molecule has 26 heavy (non-hydrogen) atoms. The number of nitrogens with one attached hydrogen (secondary N) is 1. The van der Waals surface area contributed by atoms with Crippen molar-refractivity contribution in [2.24, 2.45) is 0 Å². The second-order valence-electron chi connectivity index (χ2n) is 5.89. The molecule has 0 aliphatic carbocycles. The number of amides is 1. The third kappa shape index (κ3) is 4.46. The summed E-state index contributed by atoms with van der Waals surface area (Å²) in [6, 6.07) is 13.6. The highest BCUT2D eigenvalue weighted by Crippen LogP contribution is 2.26. The number of hydrogen-bond acceptors (Lipinski definition) is 4. The molecule has 1 atom stereocenters. The van der Waals surface area contributed by atoms with E-state index >= 15 is 0 Å². The number of nitrogens with zero attached hydrogens (tertiary/aromatic N) is 1. The van der Waals surface area contributed by atoms with Crippen molar-refractivity contribution in [1.82, 2.24) is 10.3 Å². The Bertz CT molecular complexity index is 876. The Hall–Kier alpha value is -2.73. The highest BCUT2D eigenvalue weighted by atomic mass is 32.1. The summed E-state index contributed by atoms with van der Waals surface area (Å²) in [5.41, 5.74) is 2.57. The first-order chi connectivity index (χ1) is 12.5. The van der Waals surface area contributed by atoms with Crippen LogP contribution in [-0.2, 0) is 11.2 Å². The molecule has 0 saturated carbocycles. The van der Waals surface area contributed by atoms with Gasteiger partial charge >= 0.3 is 0 Å². The van der Waals surface area contributed by atoms with Crippen LogP contribution >= 0.6 is 11.3 Å². The molecule has 0 radical (unpaired) electrons. The number of hydrogen-bond donors (Lipinski definition) is 1. The topological polar surface area (TPSA) is 51.2 Å². The largest absolute Gasteiger partial charge is 0.497 e. The number of carbonyl (C=O) groups is 1. The average molecular weight is 370 g/mol. The van der Waals surface area contributed by atoms with Gasteiger partial charge in [0.2, 0.25) is 5.91 Å². The number of thiazole rings is 1. The Kier molecular flexibility index (Phi) is 5.63. The van der Waals surface area contributed by atoms with Crippen molar-refractivity contribution in [2.75, 3.05) is 7.11 Å². The van der Waals surface area contributed by atoms with Gasteiger partial charge in [-0.15, -0.1) is 11.3 Å². The standard InChI is InChI=1S/C20H19FN2O2S/c1-13(14-3-7-16(21)8-4-14)22-19(24)11-17-12-26-20(23-17)15-5-9-18(25-2)10-6-15/h3-10,12-13H,11H2,1-2H3,(H,22,24). The Morgan fingerprint density at radius 2 is 1.88 bits per heavy atom. The lowest BCUT2D eigenvalue weighted by molar-refractivity contribution is -0.121. The molecule has 1 heterocycles. The van der Waals surface area contributed by atoms with Crippen molar-refractivity contribution in [3.05, 3.63) is 71.0 Å². The van der Waals surface area contributed by atoms with E-state index in [1.807, 2.05) is 36.6 Å². The zero-order valence-electron chi connectivity index (χ0n) is 14.5. The molecular weight excluding hydrogens is 351 g/mol. The van der Waals surface area contributed by atoms with E-state index in [0.29, 0.717) is 0 Å². The van der Waals surface area contributed by atoms with E-state index in [2.05, 4.69) is 10.3 Å². The van der Waals surface area contributed by atoms with Crippen LogP contribution in [0.2, 0.25) is 0 Å². The second-order valence-corrected chi connectivity index (χ2v) is 6.75. The summed E-state index contributed by atoms with van der Waals surface area (Å²) < 4.78 is 18.1. The van der Waals surface area contributed by atoms with Crippen molar-refractivity contribution < 1.29 is 13.9 Å². The number of rotatable bonds is 6. The molecule has 0 fully saturated rings. The molecule has 0 saturated heterocycles. The first kappa shape index (κ1) is 18.1. The van der Waals surface area contributed by atoms with Crippen LogP contribution in [0.5, 0.6) is 5.75 Å². The third-order valence-electron chi connectivity index (χ3n) is 3.98. The van der Waals surface area contributed by atoms with Gasteiger partial charge in [-0.1, -0.05) is 12.1 Å². The Balaban J connectivity index is 1.61. The van der Waals surface area contributed by atoms with Gasteiger partial charge in [-0.3, -0.25) is 4.79 Å². The van der Waals surface area contributed by atoms with Crippen LogP contribution in [0.3, 0.4) is 0 Å². The summed E-state index contributed by atoms with van der Waals surface area (Å²) in [4.78, 5) is 16.8. The first-order valence-electron chi connectivity index (χ1n) is 8.19. The normalized spacial score (nSPS) is 11.8. The third-order valence-corrected chi connectivity index (χ3v) is 4.92. The quantitative estimate of drug-likeness (QED) is 0.701. The fourth-order valence-corrected chi connectivity index (χ4v) is 3.37. The van der Waals surface area contributed by atoms with Crippen molar-refractivity contribution >= 4 is 17.2 Å². The van der Waals surface area contributed by atoms with Gasteiger partial charge in [-0.05, 0) is 48.9 Å². The lowest BCUT2D eigenvalue weighted by Gasteiger charge is -2.13. The van der Waals surface area contributed by atoms with E-state index < -0.39 is 0 Å². The highest BCUT2D eigenvalue weighted by molar-refractivity contribution is 7.13. The van der Waals surface area contributed by atoms with Crippen LogP contribution in [0, 0.1) is 5.82 Å². The minimum atomic E-state index is -0.291. The summed E-state index contributed by atoms with van der Waals surface area (Å²) in [6.07, 6.45) is 0.207. The summed E-state index contributed by atoms with van der Waals surface area (Å²) >= 11 is 1.50. The van der Waals surface area contributed by atoms with Crippen LogP contribution < -0.4 is 10.1 Å². The van der Waals surface area contributed by atoms with E-state index in [4.69, 9.17) is 4.74 Å². The lowest BCUT2D eigenvalue weighted by atomic mass is 10.1. The predicted molar refractivity (Wildman–Crippen MR) is 101 cm³/mol. The zero-order chi connectivity index (χ0) is 18.5. The highest BCUT2D eigenvalue weighted by Gasteiger charge is 2.13. The average Bonchev–Trinajstić information content (AvgIpc) is 3.10. The van der Waals surface area contributed by atoms with Gasteiger partial charge in [-0.25, -0.2) is 9.37 Å². The first-order valence-corrected chi connectivity index (χ1v) is 9.07. The Morgan fingerprint density at radius 3 is 2.54 bits per heavy atom.